The van der Waals surface area contributed by atoms with Gasteiger partial charge >= 0.3 is 0 Å². The lowest BCUT2D eigenvalue weighted by molar-refractivity contribution is 0.241. The molecule has 0 aliphatic rings. The molecule has 428 valence electrons. The molecule has 0 rings (SSSR count). The summed E-state index contributed by atoms with van der Waals surface area (Å²) in [7, 11) is 0. The van der Waals surface area contributed by atoms with Gasteiger partial charge in [-0.15, -0.1) is 26.3 Å². The van der Waals surface area contributed by atoms with E-state index in [4.69, 9.17) is 0 Å². The number of rotatable bonds is 62. The van der Waals surface area contributed by atoms with Crippen LogP contribution < -0.4 is 0 Å². The molecule has 0 radical (unpaired) electrons. The van der Waals surface area contributed by atoms with Crippen LogP contribution in [-0.2, 0) is 0 Å². The van der Waals surface area contributed by atoms with Crippen molar-refractivity contribution in [2.75, 3.05) is 0 Å². The third kappa shape index (κ3) is 49.7. The van der Waals surface area contributed by atoms with Crippen molar-refractivity contribution >= 4 is 0 Å². The quantitative estimate of drug-likeness (QED) is 0.0421. The molecule has 1 unspecified atom stereocenters. The Hall–Kier alpha value is -1.56. The highest BCUT2D eigenvalue weighted by molar-refractivity contribution is 5.19. The zero-order valence-corrected chi connectivity index (χ0v) is 51.2. The van der Waals surface area contributed by atoms with Crippen LogP contribution in [0.5, 0.6) is 0 Å². The second-order valence-electron chi connectivity index (χ2n) is 24.8. The van der Waals surface area contributed by atoms with Gasteiger partial charge in [-0.3, -0.25) is 0 Å². The summed E-state index contributed by atoms with van der Waals surface area (Å²) in [6, 6.07) is 0. The third-order valence-corrected chi connectivity index (χ3v) is 17.0. The zero-order valence-electron chi connectivity index (χ0n) is 51.2. The van der Waals surface area contributed by atoms with Crippen LogP contribution in [0.1, 0.15) is 381 Å². The highest BCUT2D eigenvalue weighted by atomic mass is 14.4. The van der Waals surface area contributed by atoms with Gasteiger partial charge < -0.3 is 0 Å². The van der Waals surface area contributed by atoms with Crippen molar-refractivity contribution in [3.8, 4) is 0 Å². The molecule has 0 aliphatic carbocycles. The number of allylic oxidation sites excluding steroid dienone is 8. The maximum atomic E-state index is 3.94. The summed E-state index contributed by atoms with van der Waals surface area (Å²) in [5.74, 6) is 0. The van der Waals surface area contributed by atoms with Crippen molar-refractivity contribution in [1.82, 2.24) is 0 Å². The molecule has 0 heterocycles. The van der Waals surface area contributed by atoms with Crippen LogP contribution in [-0.4, -0.2) is 0 Å². The molecule has 0 fully saturated rings. The molecule has 0 aromatic rings. The average molecular weight is 1010 g/mol. The molecular weight excluding hydrogens is 877 g/mol. The maximum absolute atomic E-state index is 3.94. The molecule has 0 aromatic carbocycles. The van der Waals surface area contributed by atoms with Gasteiger partial charge in [-0.05, 0) is 120 Å². The lowest BCUT2D eigenvalue weighted by Crippen LogP contribution is -2.25. The van der Waals surface area contributed by atoms with E-state index in [1.165, 1.54) is 353 Å². The topological polar surface area (TPSA) is 0 Å². The molecule has 0 heteroatoms. The fourth-order valence-electron chi connectivity index (χ4n) is 12.2. The van der Waals surface area contributed by atoms with Gasteiger partial charge in [0, 0.05) is 0 Å². The van der Waals surface area contributed by atoms with E-state index in [-0.39, 0.29) is 5.41 Å². The van der Waals surface area contributed by atoms with Crippen molar-refractivity contribution < 1.29 is 0 Å². The monoisotopic (exact) mass is 1010 g/mol. The van der Waals surface area contributed by atoms with Gasteiger partial charge in [0.05, 0.1) is 0 Å². The Morgan fingerprint density at radius 3 is 0.849 bits per heavy atom. The van der Waals surface area contributed by atoms with E-state index in [2.05, 4.69) is 90.5 Å². The highest BCUT2D eigenvalue weighted by Gasteiger charge is 2.32. The van der Waals surface area contributed by atoms with Gasteiger partial charge in [0.25, 0.3) is 0 Å². The van der Waals surface area contributed by atoms with Crippen molar-refractivity contribution in [3.05, 3.63) is 73.9 Å². The van der Waals surface area contributed by atoms with E-state index in [9.17, 15) is 0 Å². The Kier molecular flexibility index (Phi) is 55.4. The molecule has 0 nitrogen and oxygen atoms in total. The van der Waals surface area contributed by atoms with Gasteiger partial charge in [0.2, 0.25) is 0 Å². The second-order valence-corrected chi connectivity index (χ2v) is 24.8. The first-order valence-corrected chi connectivity index (χ1v) is 33.6. The molecule has 0 aliphatic heterocycles. The molecule has 0 spiro atoms. The predicted molar refractivity (Wildman–Crippen MR) is 338 cm³/mol. The third-order valence-electron chi connectivity index (χ3n) is 17.0. The van der Waals surface area contributed by atoms with Gasteiger partial charge in [-0.1, -0.05) is 319 Å². The summed E-state index contributed by atoms with van der Waals surface area (Å²) in [6.45, 7) is 25.8. The Morgan fingerprint density at radius 2 is 0.562 bits per heavy atom. The van der Waals surface area contributed by atoms with Crippen molar-refractivity contribution in [2.45, 2.75) is 381 Å². The molecular formula is C73H136. The van der Waals surface area contributed by atoms with E-state index in [1.54, 1.807) is 11.1 Å². The van der Waals surface area contributed by atoms with Crippen LogP contribution in [0.4, 0.5) is 0 Å². The summed E-state index contributed by atoms with van der Waals surface area (Å²) >= 11 is 0. The smallest absolute Gasteiger partial charge is 0.00906 e. The van der Waals surface area contributed by atoms with Crippen molar-refractivity contribution in [3.63, 3.8) is 0 Å². The summed E-state index contributed by atoms with van der Waals surface area (Å²) in [6.07, 6.45) is 90.4. The SMILES string of the molecule is C=CCCCCCCCCCCCCCCCCC(CCCCCCCCCCC=C)(CCCCCCCCCCCCCCC=C)C(C)=CC(C)(C)CC(=CCCCCCCC)CCCCCCCCC=C. The first-order valence-electron chi connectivity index (χ1n) is 33.6. The standard InChI is InChI=1S/C73H136/c1-9-14-19-24-29-33-36-38-40-41-43-45-48-52-57-62-67-73(65-60-55-50-46-35-31-26-21-16-11-3,66-61-56-51-47-44-42-39-37-34-30-25-20-15-10-2)70(6)68-72(7,8)69-71(63-58-53-28-23-18-13-5)64-59-54-49-32-27-22-17-12-4/h9-12,63,68H,1-4,13-62,64-67,69H2,5-8H3. The zero-order chi connectivity index (χ0) is 53.3. The van der Waals surface area contributed by atoms with Crippen LogP contribution in [0.3, 0.4) is 0 Å². The number of hydrogen-bond acceptors (Lipinski definition) is 0. The van der Waals surface area contributed by atoms with Gasteiger partial charge in [-0.2, -0.15) is 0 Å². The minimum absolute atomic E-state index is 0.191. The number of hydrogen-bond donors (Lipinski definition) is 0. The van der Waals surface area contributed by atoms with Crippen LogP contribution in [0.2, 0.25) is 0 Å². The van der Waals surface area contributed by atoms with Crippen molar-refractivity contribution in [2.24, 2.45) is 10.8 Å². The van der Waals surface area contributed by atoms with Crippen LogP contribution in [0, 0.1) is 10.8 Å². The van der Waals surface area contributed by atoms with E-state index in [0.717, 1.165) is 0 Å². The lowest BCUT2D eigenvalue weighted by atomic mass is 9.67. The van der Waals surface area contributed by atoms with Gasteiger partial charge in [0.1, 0.15) is 0 Å². The second kappa shape index (κ2) is 56.6. The predicted octanol–water partition coefficient (Wildman–Crippen LogP) is 27.1. The van der Waals surface area contributed by atoms with E-state index in [1.807, 2.05) is 0 Å². The van der Waals surface area contributed by atoms with Crippen LogP contribution in [0.25, 0.3) is 0 Å². The summed E-state index contributed by atoms with van der Waals surface area (Å²) in [4.78, 5) is 0. The van der Waals surface area contributed by atoms with Crippen LogP contribution >= 0.6 is 0 Å². The number of unbranched alkanes of at least 4 members (excludes halogenated alkanes) is 45. The average Bonchev–Trinajstić information content (AvgIpc) is 3.38. The molecule has 0 saturated heterocycles. The molecule has 0 amide bonds. The molecule has 0 bridgehead atoms. The Morgan fingerprint density at radius 1 is 0.315 bits per heavy atom. The summed E-state index contributed by atoms with van der Waals surface area (Å²) < 4.78 is 0. The van der Waals surface area contributed by atoms with E-state index < -0.39 is 0 Å². The Balaban J connectivity index is 5.97. The first-order chi connectivity index (χ1) is 35.8. The minimum atomic E-state index is 0.191. The van der Waals surface area contributed by atoms with Gasteiger partial charge in [-0.25, -0.2) is 0 Å². The first kappa shape index (κ1) is 71.4. The maximum Gasteiger partial charge on any atom is -0.00906 e. The molecule has 1 atom stereocenters. The fourth-order valence-corrected chi connectivity index (χ4v) is 12.2. The van der Waals surface area contributed by atoms with E-state index >= 15 is 0 Å². The largest absolute Gasteiger partial charge is 0.103 e. The van der Waals surface area contributed by atoms with E-state index in [0.29, 0.717) is 5.41 Å². The molecule has 0 saturated carbocycles. The lowest BCUT2D eigenvalue weighted by Gasteiger charge is -2.38. The molecule has 0 N–H and O–H groups in total. The van der Waals surface area contributed by atoms with Crippen molar-refractivity contribution in [1.29, 1.82) is 0 Å². The minimum Gasteiger partial charge on any atom is -0.103 e. The molecule has 73 heavy (non-hydrogen) atoms. The summed E-state index contributed by atoms with van der Waals surface area (Å²) in [5, 5.41) is 0. The normalized spacial score (nSPS) is 13.2. The Labute approximate surface area is 463 Å². The molecule has 0 aromatic heterocycles. The summed E-state index contributed by atoms with van der Waals surface area (Å²) in [5.41, 5.74) is 4.11. The Bertz CT molecular complexity index is 1220. The van der Waals surface area contributed by atoms with Crippen LogP contribution in [0.15, 0.2) is 73.9 Å². The van der Waals surface area contributed by atoms with Gasteiger partial charge in [0.15, 0.2) is 0 Å². The highest BCUT2D eigenvalue weighted by Crippen LogP contribution is 2.46. The fraction of sp³-hybridized carbons (Fsp3) is 0.836.